The quantitative estimate of drug-likeness (QED) is 0.697. The zero-order valence-corrected chi connectivity index (χ0v) is 16.4. The van der Waals surface area contributed by atoms with E-state index in [0.29, 0.717) is 17.0 Å². The van der Waals surface area contributed by atoms with E-state index in [4.69, 9.17) is 4.74 Å². The van der Waals surface area contributed by atoms with Crippen LogP contribution in [0.5, 0.6) is 5.88 Å². The maximum absolute atomic E-state index is 13.3. The van der Waals surface area contributed by atoms with Crippen molar-refractivity contribution in [2.75, 3.05) is 25.5 Å². The number of carbonyl (C=O) groups is 1. The Kier molecular flexibility index (Phi) is 4.88. The summed E-state index contributed by atoms with van der Waals surface area (Å²) in [7, 11) is 2.99. The Morgan fingerprint density at radius 3 is 2.67 bits per heavy atom. The smallest absolute Gasteiger partial charge is 0.350 e. The van der Waals surface area contributed by atoms with Crippen LogP contribution in [0.4, 0.5) is 20.2 Å². The molecule has 3 aromatic rings. The molecule has 30 heavy (non-hydrogen) atoms. The van der Waals surface area contributed by atoms with Gasteiger partial charge in [-0.25, -0.2) is 23.2 Å². The minimum Gasteiger partial charge on any atom is -0.479 e. The molecule has 1 amide bonds. The van der Waals surface area contributed by atoms with E-state index < -0.39 is 11.8 Å². The summed E-state index contributed by atoms with van der Waals surface area (Å²) in [4.78, 5) is 30.1. The number of pyridine rings is 2. The predicted molar refractivity (Wildman–Crippen MR) is 105 cm³/mol. The fourth-order valence-corrected chi connectivity index (χ4v) is 3.32. The number of aryl methyl sites for hydroxylation is 1. The lowest BCUT2D eigenvalue weighted by Crippen LogP contribution is -2.43. The molecular formula is C19H20F2N6O3. The first-order valence-corrected chi connectivity index (χ1v) is 9.32. The minimum atomic E-state index is -2.73. The molecule has 0 unspecified atom stereocenters. The number of rotatable bonds is 4. The third-order valence-corrected chi connectivity index (χ3v) is 5.00. The van der Waals surface area contributed by atoms with Crippen LogP contribution in [-0.2, 0) is 7.05 Å². The zero-order valence-electron chi connectivity index (χ0n) is 16.4. The number of ether oxygens (including phenoxy) is 1. The van der Waals surface area contributed by atoms with Gasteiger partial charge in [0.25, 0.3) is 11.8 Å². The number of methoxy groups -OCH3 is 1. The summed E-state index contributed by atoms with van der Waals surface area (Å²) in [6.45, 7) is -0.0292. The summed E-state index contributed by atoms with van der Waals surface area (Å²) >= 11 is 0. The standard InChI is InChI=1S/C19H20F2N6O3/c1-25-18(29)27-8-5-12(11-15(27)24-25)22-13-3-4-14(23-16(13)30-2)17(28)26-9-6-19(20,21)7-10-26/h3-5,8,11,22H,6-7,9-10H2,1-2H3. The number of likely N-dealkylation sites (tertiary alicyclic amines) is 1. The first-order valence-electron chi connectivity index (χ1n) is 9.32. The van der Waals surface area contributed by atoms with Gasteiger partial charge < -0.3 is 15.0 Å². The monoisotopic (exact) mass is 418 g/mol. The number of piperidine rings is 1. The number of carbonyl (C=O) groups excluding carboxylic acids is 1. The van der Waals surface area contributed by atoms with Gasteiger partial charge in [0.1, 0.15) is 11.4 Å². The number of hydrogen-bond donors (Lipinski definition) is 1. The number of fused-ring (bicyclic) bond motifs is 1. The van der Waals surface area contributed by atoms with Crippen molar-refractivity contribution < 1.29 is 18.3 Å². The van der Waals surface area contributed by atoms with Gasteiger partial charge in [0.05, 0.1) is 7.11 Å². The third kappa shape index (κ3) is 3.70. The molecule has 1 N–H and O–H groups in total. The molecule has 0 aromatic carbocycles. The maximum Gasteiger partial charge on any atom is 0.350 e. The van der Waals surface area contributed by atoms with E-state index in [0.717, 1.165) is 0 Å². The predicted octanol–water partition coefficient (Wildman–Crippen LogP) is 2.05. The molecule has 0 saturated carbocycles. The van der Waals surface area contributed by atoms with Crippen molar-refractivity contribution in [2.45, 2.75) is 18.8 Å². The van der Waals surface area contributed by atoms with E-state index in [-0.39, 0.29) is 43.2 Å². The van der Waals surface area contributed by atoms with E-state index in [1.165, 1.54) is 27.2 Å². The molecular weight excluding hydrogens is 398 g/mol. The van der Waals surface area contributed by atoms with Crippen molar-refractivity contribution in [1.82, 2.24) is 24.1 Å². The normalized spacial score (nSPS) is 15.9. The van der Waals surface area contributed by atoms with Crippen molar-refractivity contribution in [3.63, 3.8) is 0 Å². The third-order valence-electron chi connectivity index (χ3n) is 5.00. The van der Waals surface area contributed by atoms with Gasteiger partial charge in [-0.2, -0.15) is 5.10 Å². The van der Waals surface area contributed by atoms with Crippen LogP contribution in [0.2, 0.25) is 0 Å². The number of amides is 1. The Hall–Kier alpha value is -3.50. The molecule has 0 bridgehead atoms. The van der Waals surface area contributed by atoms with Crippen molar-refractivity contribution in [2.24, 2.45) is 7.05 Å². The molecule has 9 nitrogen and oxygen atoms in total. The molecule has 0 aliphatic carbocycles. The van der Waals surface area contributed by atoms with Crippen LogP contribution in [0.15, 0.2) is 35.3 Å². The molecule has 1 aliphatic heterocycles. The molecule has 0 radical (unpaired) electrons. The van der Waals surface area contributed by atoms with E-state index in [1.807, 2.05) is 0 Å². The molecule has 3 aromatic heterocycles. The first-order chi connectivity index (χ1) is 14.3. The lowest BCUT2D eigenvalue weighted by atomic mass is 10.1. The van der Waals surface area contributed by atoms with Crippen LogP contribution >= 0.6 is 0 Å². The first kappa shape index (κ1) is 19.8. The zero-order chi connectivity index (χ0) is 21.5. The summed E-state index contributed by atoms with van der Waals surface area (Å²) in [6, 6.07) is 6.53. The average Bonchev–Trinajstić information content (AvgIpc) is 3.01. The van der Waals surface area contributed by atoms with Gasteiger partial charge in [-0.05, 0) is 18.2 Å². The Labute approximate surface area is 169 Å². The number of alkyl halides is 2. The van der Waals surface area contributed by atoms with Crippen LogP contribution in [0.25, 0.3) is 5.65 Å². The van der Waals surface area contributed by atoms with Gasteiger partial charge >= 0.3 is 5.69 Å². The number of hydrogen-bond acceptors (Lipinski definition) is 6. The van der Waals surface area contributed by atoms with Gasteiger partial charge in [0, 0.05) is 50.9 Å². The molecule has 1 aliphatic rings. The average molecular weight is 418 g/mol. The van der Waals surface area contributed by atoms with Crippen molar-refractivity contribution in [3.8, 4) is 5.88 Å². The Bertz CT molecular complexity index is 1160. The highest BCUT2D eigenvalue weighted by Gasteiger charge is 2.36. The highest BCUT2D eigenvalue weighted by Crippen LogP contribution is 2.30. The summed E-state index contributed by atoms with van der Waals surface area (Å²) in [5, 5.41) is 7.26. The number of aromatic nitrogens is 4. The summed E-state index contributed by atoms with van der Waals surface area (Å²) in [5.74, 6) is -2.96. The van der Waals surface area contributed by atoms with Crippen molar-refractivity contribution >= 4 is 22.9 Å². The largest absolute Gasteiger partial charge is 0.479 e. The molecule has 0 spiro atoms. The highest BCUT2D eigenvalue weighted by molar-refractivity contribution is 5.93. The molecule has 1 saturated heterocycles. The fraction of sp³-hybridized carbons (Fsp3) is 0.368. The molecule has 158 valence electrons. The van der Waals surface area contributed by atoms with Gasteiger partial charge in [0.2, 0.25) is 5.88 Å². The maximum atomic E-state index is 13.3. The number of anilines is 2. The van der Waals surface area contributed by atoms with Crippen LogP contribution in [0, 0.1) is 0 Å². The number of nitrogens with zero attached hydrogens (tertiary/aromatic N) is 5. The van der Waals surface area contributed by atoms with Crippen molar-refractivity contribution in [1.29, 1.82) is 0 Å². The van der Waals surface area contributed by atoms with Crippen LogP contribution < -0.4 is 15.7 Å². The minimum absolute atomic E-state index is 0.0146. The second-order valence-corrected chi connectivity index (χ2v) is 7.08. The molecule has 4 rings (SSSR count). The van der Waals surface area contributed by atoms with Crippen molar-refractivity contribution in [3.05, 3.63) is 46.6 Å². The van der Waals surface area contributed by atoms with E-state index in [2.05, 4.69) is 15.4 Å². The molecule has 0 atom stereocenters. The molecule has 1 fully saturated rings. The van der Waals surface area contributed by atoms with Gasteiger partial charge in [0.15, 0.2) is 5.65 Å². The summed E-state index contributed by atoms with van der Waals surface area (Å²) in [5.41, 5.74) is 1.48. The number of halogens is 2. The van der Waals surface area contributed by atoms with Gasteiger partial charge in [-0.3, -0.25) is 9.20 Å². The topological polar surface area (TPSA) is 93.8 Å². The lowest BCUT2D eigenvalue weighted by Gasteiger charge is -2.31. The molecule has 4 heterocycles. The second kappa shape index (κ2) is 7.39. The number of nitrogens with one attached hydrogen (secondary N) is 1. The van der Waals surface area contributed by atoms with Crippen LogP contribution in [0.3, 0.4) is 0 Å². The molecule has 11 heteroatoms. The van der Waals surface area contributed by atoms with Crippen LogP contribution in [-0.4, -0.2) is 56.1 Å². The Balaban J connectivity index is 1.55. The SMILES string of the molecule is COc1nc(C(=O)N2CCC(F)(F)CC2)ccc1Nc1ccn2c(=O)n(C)nc2c1. The Morgan fingerprint density at radius 1 is 1.23 bits per heavy atom. The summed E-state index contributed by atoms with van der Waals surface area (Å²) in [6.07, 6.45) is 0.889. The Morgan fingerprint density at radius 2 is 1.97 bits per heavy atom. The van der Waals surface area contributed by atoms with E-state index in [9.17, 15) is 18.4 Å². The van der Waals surface area contributed by atoms with Crippen LogP contribution in [0.1, 0.15) is 23.3 Å². The van der Waals surface area contributed by atoms with E-state index >= 15 is 0 Å². The lowest BCUT2D eigenvalue weighted by molar-refractivity contribution is -0.0495. The second-order valence-electron chi connectivity index (χ2n) is 7.08. The highest BCUT2D eigenvalue weighted by atomic mass is 19.3. The summed E-state index contributed by atoms with van der Waals surface area (Å²) < 4.78 is 34.6. The van der Waals surface area contributed by atoms with E-state index in [1.54, 1.807) is 31.4 Å². The van der Waals surface area contributed by atoms with Gasteiger partial charge in [-0.15, -0.1) is 0 Å². The fourth-order valence-electron chi connectivity index (χ4n) is 3.32. The van der Waals surface area contributed by atoms with Gasteiger partial charge in [-0.1, -0.05) is 0 Å².